The minimum absolute atomic E-state index is 0.109. The van der Waals surface area contributed by atoms with Gasteiger partial charge in [-0.2, -0.15) is 12.6 Å². The molecule has 0 bridgehead atoms. The van der Waals surface area contributed by atoms with E-state index in [1.54, 1.807) is 0 Å². The molecular weight excluding hydrogens is 406 g/mol. The van der Waals surface area contributed by atoms with Crippen molar-refractivity contribution in [3.8, 4) is 0 Å². The fourth-order valence-corrected chi connectivity index (χ4v) is 5.84. The van der Waals surface area contributed by atoms with Crippen molar-refractivity contribution >= 4 is 24.4 Å². The monoisotopic (exact) mass is 435 g/mol. The molecule has 31 heavy (non-hydrogen) atoms. The summed E-state index contributed by atoms with van der Waals surface area (Å²) < 4.78 is 0. The molecule has 0 saturated carbocycles. The summed E-state index contributed by atoms with van der Waals surface area (Å²) >= 11 is 4.85. The second-order valence-electron chi connectivity index (χ2n) is 8.96. The predicted molar refractivity (Wildman–Crippen MR) is 124 cm³/mol. The van der Waals surface area contributed by atoms with E-state index < -0.39 is 0 Å². The van der Waals surface area contributed by atoms with Gasteiger partial charge in [-0.05, 0) is 60.5 Å². The summed E-state index contributed by atoms with van der Waals surface area (Å²) in [7, 11) is 0. The third-order valence-electron chi connectivity index (χ3n) is 7.11. The molecule has 0 aliphatic carbocycles. The number of carbonyl (C=O) groups is 2. The number of amides is 2. The average Bonchev–Trinajstić information content (AvgIpc) is 3.12. The first-order valence-electron chi connectivity index (χ1n) is 11.3. The van der Waals surface area contributed by atoms with E-state index >= 15 is 0 Å². The van der Waals surface area contributed by atoms with E-state index in [9.17, 15) is 9.59 Å². The van der Waals surface area contributed by atoms with E-state index in [-0.39, 0.29) is 23.2 Å². The number of rotatable bonds is 4. The summed E-state index contributed by atoms with van der Waals surface area (Å²) in [5.74, 6) is 0.296. The van der Waals surface area contributed by atoms with Gasteiger partial charge in [0.1, 0.15) is 0 Å². The summed E-state index contributed by atoms with van der Waals surface area (Å²) in [5, 5.41) is 2.38. The molecule has 2 amide bonds. The van der Waals surface area contributed by atoms with E-state index in [1.165, 1.54) is 35.1 Å². The number of hydrogen-bond acceptors (Lipinski definition) is 5. The van der Waals surface area contributed by atoms with E-state index in [2.05, 4.69) is 63.6 Å². The van der Waals surface area contributed by atoms with Crippen molar-refractivity contribution in [2.24, 2.45) is 0 Å². The molecule has 2 fully saturated rings. The molecule has 3 aliphatic heterocycles. The molecule has 1 N–H and O–H groups in total. The first-order valence-corrected chi connectivity index (χ1v) is 11.8. The van der Waals surface area contributed by atoms with Gasteiger partial charge in [0.15, 0.2) is 0 Å². The van der Waals surface area contributed by atoms with Gasteiger partial charge in [-0.1, -0.05) is 48.5 Å². The van der Waals surface area contributed by atoms with Crippen LogP contribution in [0, 0.1) is 0 Å². The molecule has 3 heterocycles. The number of benzene rings is 2. The van der Waals surface area contributed by atoms with Crippen LogP contribution in [0.15, 0.2) is 48.5 Å². The van der Waals surface area contributed by atoms with Gasteiger partial charge in [-0.3, -0.25) is 24.7 Å². The van der Waals surface area contributed by atoms with Crippen molar-refractivity contribution in [2.75, 3.05) is 13.1 Å². The molecule has 0 spiro atoms. The molecule has 3 aliphatic rings. The van der Waals surface area contributed by atoms with Gasteiger partial charge in [0.25, 0.3) is 0 Å². The molecule has 2 atom stereocenters. The number of hydrogen-bond donors (Lipinski definition) is 2. The third-order valence-corrected chi connectivity index (χ3v) is 7.68. The van der Waals surface area contributed by atoms with Crippen LogP contribution in [0.4, 0.5) is 0 Å². The largest absolute Gasteiger partial charge is 0.299 e. The Morgan fingerprint density at radius 1 is 0.968 bits per heavy atom. The van der Waals surface area contributed by atoms with Gasteiger partial charge in [-0.15, -0.1) is 0 Å². The Bertz CT molecular complexity index is 972. The maximum Gasteiger partial charge on any atom is 0.243 e. The Labute approximate surface area is 189 Å². The van der Waals surface area contributed by atoms with Gasteiger partial charge in [0.05, 0.1) is 11.4 Å². The highest BCUT2D eigenvalue weighted by molar-refractivity contribution is 7.80. The maximum absolute atomic E-state index is 12.4. The summed E-state index contributed by atoms with van der Waals surface area (Å²) in [6.07, 6.45) is 3.35. The smallest absolute Gasteiger partial charge is 0.243 e. The minimum atomic E-state index is -0.290. The van der Waals surface area contributed by atoms with Gasteiger partial charge in [0, 0.05) is 19.5 Å². The SMILES string of the molecule is O=C1CCC(N2Cc3c(CN4CCC(c5ccccc5)CC4)cccc3C2S)C(=O)N1. The highest BCUT2D eigenvalue weighted by Gasteiger charge is 2.39. The Morgan fingerprint density at radius 2 is 1.74 bits per heavy atom. The lowest BCUT2D eigenvalue weighted by Crippen LogP contribution is -2.51. The first kappa shape index (κ1) is 20.7. The zero-order valence-corrected chi connectivity index (χ0v) is 18.6. The van der Waals surface area contributed by atoms with Gasteiger partial charge in [0.2, 0.25) is 11.8 Å². The summed E-state index contributed by atoms with van der Waals surface area (Å²) in [6.45, 7) is 3.86. The molecule has 0 aromatic heterocycles. The van der Waals surface area contributed by atoms with Crippen LogP contribution in [0.25, 0.3) is 0 Å². The molecule has 2 aromatic rings. The van der Waals surface area contributed by atoms with Crippen molar-refractivity contribution in [2.45, 2.75) is 56.1 Å². The number of carbonyl (C=O) groups excluding carboxylic acids is 2. The summed E-state index contributed by atoms with van der Waals surface area (Å²) in [4.78, 5) is 28.7. The van der Waals surface area contributed by atoms with Crippen LogP contribution < -0.4 is 5.32 Å². The quantitative estimate of drug-likeness (QED) is 0.569. The number of piperidine rings is 2. The average molecular weight is 436 g/mol. The normalized spacial score (nSPS) is 25.5. The third kappa shape index (κ3) is 4.16. The molecule has 2 saturated heterocycles. The highest BCUT2D eigenvalue weighted by atomic mass is 32.1. The topological polar surface area (TPSA) is 52.7 Å². The van der Waals surface area contributed by atoms with Crippen LogP contribution in [-0.2, 0) is 22.7 Å². The summed E-state index contributed by atoms with van der Waals surface area (Å²) in [6, 6.07) is 17.0. The van der Waals surface area contributed by atoms with E-state index in [0.717, 1.165) is 19.6 Å². The fourth-order valence-electron chi connectivity index (χ4n) is 5.35. The zero-order chi connectivity index (χ0) is 21.4. The predicted octanol–water partition coefficient (Wildman–Crippen LogP) is 3.62. The van der Waals surface area contributed by atoms with Crippen LogP contribution >= 0.6 is 12.6 Å². The van der Waals surface area contributed by atoms with Crippen molar-refractivity contribution in [3.63, 3.8) is 0 Å². The Hall–Kier alpha value is -2.15. The summed E-state index contributed by atoms with van der Waals surface area (Å²) in [5.41, 5.74) is 5.30. The Balaban J connectivity index is 1.26. The van der Waals surface area contributed by atoms with Crippen LogP contribution in [0.1, 0.15) is 59.2 Å². The maximum atomic E-state index is 12.4. The number of fused-ring (bicyclic) bond motifs is 1. The van der Waals surface area contributed by atoms with Crippen LogP contribution in [-0.4, -0.2) is 40.7 Å². The highest BCUT2D eigenvalue weighted by Crippen LogP contribution is 2.41. The lowest BCUT2D eigenvalue weighted by molar-refractivity contribution is -0.137. The lowest BCUT2D eigenvalue weighted by atomic mass is 9.89. The molecule has 5 rings (SSSR count). The van der Waals surface area contributed by atoms with Crippen molar-refractivity contribution in [3.05, 3.63) is 70.8 Å². The molecule has 2 aromatic carbocycles. The van der Waals surface area contributed by atoms with Crippen LogP contribution in [0.3, 0.4) is 0 Å². The standard InChI is InChI=1S/C25H29N3O2S/c29-23-10-9-22(24(30)26-23)28-16-21-19(7-4-8-20(21)25(28)31)15-27-13-11-18(12-14-27)17-5-2-1-3-6-17/h1-8,18,22,25,31H,9-16H2,(H,26,29,30). The molecule has 2 unspecified atom stereocenters. The van der Waals surface area contributed by atoms with E-state index in [1.807, 2.05) is 0 Å². The van der Waals surface area contributed by atoms with Gasteiger partial charge < -0.3 is 0 Å². The van der Waals surface area contributed by atoms with Gasteiger partial charge >= 0.3 is 0 Å². The van der Waals surface area contributed by atoms with Crippen LogP contribution in [0.5, 0.6) is 0 Å². The molecule has 162 valence electrons. The molecule has 6 heteroatoms. The number of nitrogens with one attached hydrogen (secondary N) is 1. The molecular formula is C25H29N3O2S. The Morgan fingerprint density at radius 3 is 2.48 bits per heavy atom. The number of thiol groups is 1. The van der Waals surface area contributed by atoms with Gasteiger partial charge in [-0.25, -0.2) is 0 Å². The minimum Gasteiger partial charge on any atom is -0.299 e. The molecule has 5 nitrogen and oxygen atoms in total. The number of likely N-dealkylation sites (tertiary alicyclic amines) is 1. The molecule has 0 radical (unpaired) electrons. The zero-order valence-electron chi connectivity index (χ0n) is 17.7. The second kappa shape index (κ2) is 8.77. The second-order valence-corrected chi connectivity index (χ2v) is 9.45. The number of imide groups is 1. The van der Waals surface area contributed by atoms with Crippen molar-refractivity contribution in [1.29, 1.82) is 0 Å². The first-order chi connectivity index (χ1) is 15.1. The van der Waals surface area contributed by atoms with Crippen molar-refractivity contribution in [1.82, 2.24) is 15.1 Å². The van der Waals surface area contributed by atoms with Crippen LogP contribution in [0.2, 0.25) is 0 Å². The van der Waals surface area contributed by atoms with Crippen molar-refractivity contribution < 1.29 is 9.59 Å². The lowest BCUT2D eigenvalue weighted by Gasteiger charge is -2.33. The fraction of sp³-hybridized carbons (Fsp3) is 0.440. The Kier molecular flexibility index (Phi) is 5.87. The van der Waals surface area contributed by atoms with E-state index in [4.69, 9.17) is 12.6 Å². The number of nitrogens with zero attached hydrogens (tertiary/aromatic N) is 2. The van der Waals surface area contributed by atoms with E-state index in [0.29, 0.717) is 25.3 Å².